The number of nitrogens with one attached hydrogen (secondary N) is 1. The van der Waals surface area contributed by atoms with Gasteiger partial charge in [0.1, 0.15) is 5.75 Å². The zero-order valence-corrected chi connectivity index (χ0v) is 9.49. The molecule has 15 heavy (non-hydrogen) atoms. The molecule has 1 atom stereocenters. The summed E-state index contributed by atoms with van der Waals surface area (Å²) in [4.78, 5) is 0. The number of benzene rings is 1. The molecule has 0 unspecified atom stereocenters. The first-order chi connectivity index (χ1) is 7.29. The number of ether oxygens (including phenoxy) is 1. The van der Waals surface area contributed by atoms with Gasteiger partial charge in [0, 0.05) is 12.1 Å². The topological polar surface area (TPSA) is 21.3 Å². The third kappa shape index (κ3) is 2.51. The van der Waals surface area contributed by atoms with Gasteiger partial charge in [0.25, 0.3) is 0 Å². The van der Waals surface area contributed by atoms with Crippen molar-refractivity contribution in [1.29, 1.82) is 0 Å². The molecule has 1 N–H and O–H groups in total. The standard InChI is InChI=1S/C13H19NO/c1-10(14-12-4-3-5-12)11-6-8-13(15-2)9-7-11/h6-10,12,14H,3-5H2,1-2H3/t10-/m1/s1. The van der Waals surface area contributed by atoms with Gasteiger partial charge in [-0.1, -0.05) is 18.6 Å². The highest BCUT2D eigenvalue weighted by atomic mass is 16.5. The molecule has 1 saturated carbocycles. The predicted octanol–water partition coefficient (Wildman–Crippen LogP) is 2.90. The van der Waals surface area contributed by atoms with Crippen LogP contribution in [0.3, 0.4) is 0 Å². The van der Waals surface area contributed by atoms with E-state index in [-0.39, 0.29) is 0 Å². The van der Waals surface area contributed by atoms with Crippen LogP contribution in [-0.2, 0) is 0 Å². The Morgan fingerprint density at radius 1 is 1.27 bits per heavy atom. The summed E-state index contributed by atoms with van der Waals surface area (Å²) in [6, 6.07) is 9.50. The van der Waals surface area contributed by atoms with Gasteiger partial charge in [0.05, 0.1) is 7.11 Å². The fourth-order valence-electron chi connectivity index (χ4n) is 1.92. The summed E-state index contributed by atoms with van der Waals surface area (Å²) in [7, 11) is 1.70. The normalized spacial score (nSPS) is 18.3. The van der Waals surface area contributed by atoms with E-state index in [9.17, 15) is 0 Å². The fourth-order valence-corrected chi connectivity index (χ4v) is 1.92. The highest BCUT2D eigenvalue weighted by Crippen LogP contribution is 2.23. The monoisotopic (exact) mass is 205 g/mol. The largest absolute Gasteiger partial charge is 0.497 e. The fraction of sp³-hybridized carbons (Fsp3) is 0.538. The second-order valence-corrected chi connectivity index (χ2v) is 4.29. The van der Waals surface area contributed by atoms with E-state index in [0.29, 0.717) is 6.04 Å². The average molecular weight is 205 g/mol. The lowest BCUT2D eigenvalue weighted by atomic mass is 9.92. The summed E-state index contributed by atoms with van der Waals surface area (Å²) < 4.78 is 5.14. The van der Waals surface area contributed by atoms with Crippen LogP contribution in [0.2, 0.25) is 0 Å². The van der Waals surface area contributed by atoms with Crippen LogP contribution >= 0.6 is 0 Å². The maximum Gasteiger partial charge on any atom is 0.118 e. The SMILES string of the molecule is COc1ccc([C@@H](C)NC2CCC2)cc1. The summed E-state index contributed by atoms with van der Waals surface area (Å²) in [5.74, 6) is 0.926. The molecule has 2 heteroatoms. The molecule has 1 aliphatic carbocycles. The first-order valence-corrected chi connectivity index (χ1v) is 5.69. The molecule has 0 radical (unpaired) electrons. The van der Waals surface area contributed by atoms with E-state index in [1.807, 2.05) is 12.1 Å². The van der Waals surface area contributed by atoms with Crippen LogP contribution in [0.5, 0.6) is 5.75 Å². The minimum atomic E-state index is 0.446. The highest BCUT2D eigenvalue weighted by molar-refractivity contribution is 5.28. The van der Waals surface area contributed by atoms with Crippen molar-refractivity contribution in [2.75, 3.05) is 7.11 Å². The van der Waals surface area contributed by atoms with Gasteiger partial charge in [0.15, 0.2) is 0 Å². The van der Waals surface area contributed by atoms with Gasteiger partial charge in [-0.25, -0.2) is 0 Å². The van der Waals surface area contributed by atoms with Gasteiger partial charge in [-0.05, 0) is 37.5 Å². The molecular formula is C13H19NO. The van der Waals surface area contributed by atoms with E-state index in [1.165, 1.54) is 24.8 Å². The Bertz CT molecular complexity index is 303. The predicted molar refractivity (Wildman–Crippen MR) is 62.2 cm³/mol. The van der Waals surface area contributed by atoms with Gasteiger partial charge in [0.2, 0.25) is 0 Å². The Balaban J connectivity index is 1.94. The Kier molecular flexibility index (Phi) is 3.27. The molecule has 1 aliphatic rings. The Morgan fingerprint density at radius 2 is 1.93 bits per heavy atom. The lowest BCUT2D eigenvalue weighted by Gasteiger charge is -2.30. The van der Waals surface area contributed by atoms with Crippen LogP contribution in [-0.4, -0.2) is 13.2 Å². The van der Waals surface area contributed by atoms with Gasteiger partial charge in [-0.2, -0.15) is 0 Å². The molecule has 1 aromatic carbocycles. The maximum absolute atomic E-state index is 5.14. The van der Waals surface area contributed by atoms with Gasteiger partial charge >= 0.3 is 0 Å². The van der Waals surface area contributed by atoms with E-state index in [4.69, 9.17) is 4.74 Å². The first kappa shape index (κ1) is 10.5. The molecular weight excluding hydrogens is 186 g/mol. The first-order valence-electron chi connectivity index (χ1n) is 5.69. The minimum absolute atomic E-state index is 0.446. The third-order valence-electron chi connectivity index (χ3n) is 3.21. The van der Waals surface area contributed by atoms with Crippen LogP contribution < -0.4 is 10.1 Å². The van der Waals surface area contributed by atoms with Crippen LogP contribution in [0.4, 0.5) is 0 Å². The number of hydrogen-bond acceptors (Lipinski definition) is 2. The highest BCUT2D eigenvalue weighted by Gasteiger charge is 2.19. The summed E-state index contributed by atoms with van der Waals surface area (Å²) in [5.41, 5.74) is 1.34. The summed E-state index contributed by atoms with van der Waals surface area (Å²) in [5, 5.41) is 3.63. The van der Waals surface area contributed by atoms with Crippen LogP contribution in [0.1, 0.15) is 37.8 Å². The average Bonchev–Trinajstić information content (AvgIpc) is 2.23. The van der Waals surface area contributed by atoms with Gasteiger partial charge < -0.3 is 10.1 Å². The van der Waals surface area contributed by atoms with Crippen molar-refractivity contribution < 1.29 is 4.74 Å². The minimum Gasteiger partial charge on any atom is -0.497 e. The van der Waals surface area contributed by atoms with Crippen molar-refractivity contribution in [3.63, 3.8) is 0 Å². The number of rotatable bonds is 4. The second-order valence-electron chi connectivity index (χ2n) is 4.29. The van der Waals surface area contributed by atoms with Crippen LogP contribution in [0, 0.1) is 0 Å². The smallest absolute Gasteiger partial charge is 0.118 e. The summed E-state index contributed by atoms with van der Waals surface area (Å²) >= 11 is 0. The van der Waals surface area contributed by atoms with E-state index < -0.39 is 0 Å². The molecule has 0 heterocycles. The molecule has 1 fully saturated rings. The van der Waals surface area contributed by atoms with E-state index in [0.717, 1.165) is 11.8 Å². The van der Waals surface area contributed by atoms with Crippen molar-refractivity contribution >= 4 is 0 Å². The molecule has 2 nitrogen and oxygen atoms in total. The molecule has 0 aliphatic heterocycles. The summed E-state index contributed by atoms with van der Waals surface area (Å²) in [6.07, 6.45) is 4.05. The lowest BCUT2D eigenvalue weighted by molar-refractivity contribution is 0.313. The van der Waals surface area contributed by atoms with Crippen molar-refractivity contribution in [3.8, 4) is 5.75 Å². The van der Waals surface area contributed by atoms with E-state index in [1.54, 1.807) is 7.11 Å². The Morgan fingerprint density at radius 3 is 2.40 bits per heavy atom. The van der Waals surface area contributed by atoms with Crippen molar-refractivity contribution in [2.24, 2.45) is 0 Å². The third-order valence-corrected chi connectivity index (χ3v) is 3.21. The van der Waals surface area contributed by atoms with Crippen LogP contribution in [0.15, 0.2) is 24.3 Å². The molecule has 0 saturated heterocycles. The molecule has 2 rings (SSSR count). The lowest BCUT2D eigenvalue weighted by Crippen LogP contribution is -2.36. The quantitative estimate of drug-likeness (QED) is 0.816. The van der Waals surface area contributed by atoms with Crippen LogP contribution in [0.25, 0.3) is 0 Å². The summed E-state index contributed by atoms with van der Waals surface area (Å²) in [6.45, 7) is 2.22. The zero-order chi connectivity index (χ0) is 10.7. The van der Waals surface area contributed by atoms with Crippen molar-refractivity contribution in [3.05, 3.63) is 29.8 Å². The molecule has 0 aromatic heterocycles. The molecule has 0 spiro atoms. The van der Waals surface area contributed by atoms with Gasteiger partial charge in [-0.3, -0.25) is 0 Å². The van der Waals surface area contributed by atoms with Gasteiger partial charge in [-0.15, -0.1) is 0 Å². The maximum atomic E-state index is 5.14. The molecule has 0 bridgehead atoms. The van der Waals surface area contributed by atoms with Crippen molar-refractivity contribution in [1.82, 2.24) is 5.32 Å². The van der Waals surface area contributed by atoms with Crippen molar-refractivity contribution in [2.45, 2.75) is 38.3 Å². The molecule has 82 valence electrons. The zero-order valence-electron chi connectivity index (χ0n) is 9.49. The number of hydrogen-bond donors (Lipinski definition) is 1. The second kappa shape index (κ2) is 4.67. The Labute approximate surface area is 91.6 Å². The Hall–Kier alpha value is -1.02. The van der Waals surface area contributed by atoms with E-state index in [2.05, 4.69) is 24.4 Å². The van der Waals surface area contributed by atoms with E-state index >= 15 is 0 Å². The molecule has 1 aromatic rings. The molecule has 0 amide bonds. The number of methoxy groups -OCH3 is 1.